The summed E-state index contributed by atoms with van der Waals surface area (Å²) < 4.78 is 31.1. The Morgan fingerprint density at radius 1 is 0.889 bits per heavy atom. The minimum absolute atomic E-state index is 0.00104. The molecule has 3 heterocycles. The Balaban J connectivity index is 1.35. The van der Waals surface area contributed by atoms with Crippen LogP contribution in [-0.4, -0.2) is 70.5 Å². The van der Waals surface area contributed by atoms with E-state index in [0.29, 0.717) is 6.42 Å². The molecule has 10 nitrogen and oxygen atoms in total. The van der Waals surface area contributed by atoms with Gasteiger partial charge in [0.2, 0.25) is 17.4 Å². The van der Waals surface area contributed by atoms with Crippen molar-refractivity contribution in [2.24, 2.45) is 69.5 Å². The lowest BCUT2D eigenvalue weighted by atomic mass is 9.38. The first-order valence-corrected chi connectivity index (χ1v) is 16.7. The van der Waals surface area contributed by atoms with Crippen LogP contribution in [0.2, 0.25) is 0 Å². The Morgan fingerprint density at radius 2 is 1.53 bits per heavy atom. The highest BCUT2D eigenvalue weighted by molar-refractivity contribution is 6.39. The lowest BCUT2D eigenvalue weighted by Gasteiger charge is -2.64. The number of Topliss-reactive ketones (excluding diaryl/α,β-unsaturated/α-hetero) is 2. The zero-order valence-corrected chi connectivity index (χ0v) is 27.6. The molecule has 1 N–H and O–H groups in total. The highest BCUT2D eigenvalue weighted by Gasteiger charge is 2.91. The maximum atomic E-state index is 14.7. The van der Waals surface area contributed by atoms with Gasteiger partial charge in [-0.3, -0.25) is 19.2 Å². The van der Waals surface area contributed by atoms with Crippen LogP contribution in [0, 0.1) is 69.5 Å². The number of epoxide rings is 2. The largest absolute Gasteiger partial charge is 0.462 e. The van der Waals surface area contributed by atoms with Crippen LogP contribution in [-0.2, 0) is 42.9 Å². The average Bonchev–Trinajstić information content (AvgIpc) is 3.85. The molecule has 10 heteroatoms. The van der Waals surface area contributed by atoms with Gasteiger partial charge in [-0.15, -0.1) is 0 Å². The second-order valence-corrected chi connectivity index (χ2v) is 16.6. The molecule has 3 aliphatic heterocycles. The quantitative estimate of drug-likeness (QED) is 0.276. The second kappa shape index (κ2) is 8.40. The molecule has 45 heavy (non-hydrogen) atoms. The van der Waals surface area contributed by atoms with Gasteiger partial charge < -0.3 is 28.8 Å². The topological polar surface area (TPSA) is 141 Å². The van der Waals surface area contributed by atoms with Gasteiger partial charge in [0.25, 0.3) is 0 Å². The fourth-order valence-corrected chi connectivity index (χ4v) is 13.3. The molecule has 5 aliphatic carbocycles. The van der Waals surface area contributed by atoms with Gasteiger partial charge in [-0.25, -0.2) is 0 Å². The number of ether oxygens (including phenoxy) is 5. The Labute approximate surface area is 263 Å². The number of esters is 2. The average molecular weight is 627 g/mol. The van der Waals surface area contributed by atoms with E-state index in [1.165, 1.54) is 13.8 Å². The smallest absolute Gasteiger partial charge is 0.303 e. The van der Waals surface area contributed by atoms with Crippen molar-refractivity contribution in [1.82, 2.24) is 0 Å². The molecule has 8 fully saturated rings. The van der Waals surface area contributed by atoms with Crippen LogP contribution in [0.25, 0.3) is 0 Å². The summed E-state index contributed by atoms with van der Waals surface area (Å²) in [5.41, 5.74) is -4.03. The predicted octanol–water partition coefficient (Wildman–Crippen LogP) is 3.23. The minimum atomic E-state index is -1.52. The molecule has 0 bridgehead atoms. The van der Waals surface area contributed by atoms with E-state index in [4.69, 9.17) is 23.7 Å². The molecule has 246 valence electrons. The van der Waals surface area contributed by atoms with Gasteiger partial charge in [0.1, 0.15) is 35.8 Å². The molecule has 0 aromatic rings. The molecule has 0 radical (unpaired) electrons. The molecule has 19 atom stereocenters. The van der Waals surface area contributed by atoms with Crippen molar-refractivity contribution in [3.05, 3.63) is 12.3 Å². The molecule has 5 saturated carbocycles. The van der Waals surface area contributed by atoms with Crippen LogP contribution in [0.3, 0.4) is 0 Å². The number of rotatable bonds is 2. The highest BCUT2D eigenvalue weighted by Crippen LogP contribution is 2.82. The Kier molecular flexibility index (Phi) is 5.61. The normalized spacial score (nSPS) is 61.3. The maximum absolute atomic E-state index is 14.7. The van der Waals surface area contributed by atoms with Crippen molar-refractivity contribution in [3.63, 3.8) is 0 Å². The summed E-state index contributed by atoms with van der Waals surface area (Å²) in [5.74, 6) is -5.75. The minimum Gasteiger partial charge on any atom is -0.462 e. The zero-order chi connectivity index (χ0) is 32.7. The maximum Gasteiger partial charge on any atom is 0.303 e. The van der Waals surface area contributed by atoms with Crippen molar-refractivity contribution in [2.45, 2.75) is 111 Å². The molecule has 0 amide bonds. The number of fused-ring (bicyclic) bond motifs is 9. The summed E-state index contributed by atoms with van der Waals surface area (Å²) in [5, 5.41) is 12.2. The van der Waals surface area contributed by atoms with Crippen molar-refractivity contribution >= 4 is 23.5 Å². The van der Waals surface area contributed by atoms with Crippen molar-refractivity contribution in [3.8, 4) is 0 Å². The Morgan fingerprint density at radius 3 is 2.16 bits per heavy atom. The first kappa shape index (κ1) is 30.1. The van der Waals surface area contributed by atoms with Crippen molar-refractivity contribution < 1.29 is 48.0 Å². The highest BCUT2D eigenvalue weighted by atomic mass is 16.8. The van der Waals surface area contributed by atoms with Gasteiger partial charge in [-0.2, -0.15) is 0 Å². The molecular formula is C35H46O10. The Hall–Kier alpha value is -2.30. The van der Waals surface area contributed by atoms with E-state index in [9.17, 15) is 24.3 Å². The summed E-state index contributed by atoms with van der Waals surface area (Å²) >= 11 is 0. The number of carbonyl (C=O) groups is 4. The predicted molar refractivity (Wildman–Crippen MR) is 156 cm³/mol. The van der Waals surface area contributed by atoms with E-state index in [-0.39, 0.29) is 53.7 Å². The summed E-state index contributed by atoms with van der Waals surface area (Å²) in [6.45, 7) is 21.2. The van der Waals surface area contributed by atoms with Crippen LogP contribution >= 0.6 is 0 Å². The first-order chi connectivity index (χ1) is 20.8. The molecule has 0 aromatic heterocycles. The molecule has 0 aromatic carbocycles. The summed E-state index contributed by atoms with van der Waals surface area (Å²) in [6.07, 6.45) is -1.91. The van der Waals surface area contributed by atoms with Gasteiger partial charge in [-0.1, -0.05) is 41.2 Å². The van der Waals surface area contributed by atoms with Gasteiger partial charge in [0, 0.05) is 42.9 Å². The fourth-order valence-electron chi connectivity index (χ4n) is 13.3. The molecule has 8 rings (SSSR count). The lowest BCUT2D eigenvalue weighted by molar-refractivity contribution is -0.214. The summed E-state index contributed by atoms with van der Waals surface area (Å²) in [4.78, 5) is 54.5. The third-order valence-corrected chi connectivity index (χ3v) is 15.5. The van der Waals surface area contributed by atoms with E-state index < -0.39 is 87.0 Å². The van der Waals surface area contributed by atoms with Crippen LogP contribution < -0.4 is 0 Å². The SMILES string of the molecule is C=C1O[C@@]23O[C@@H]2[C@@H](C)[C@H]2[C@@H]([C@H](OC(C)=O)[C@H]4C5C(=O)C(=O)[C@H]6C[C@@H]7O[C@@H]7[C@H](OC(C)=O)[C@]6(C)C5C(C)[C@H](C)[C@]24C)[C@@]3(C)[C@]1(C)O. The summed E-state index contributed by atoms with van der Waals surface area (Å²) in [7, 11) is 0. The lowest BCUT2D eigenvalue weighted by Crippen LogP contribution is -2.70. The Bertz CT molecular complexity index is 1470. The van der Waals surface area contributed by atoms with Crippen LogP contribution in [0.4, 0.5) is 0 Å². The number of hydrogen-bond acceptors (Lipinski definition) is 10. The fraction of sp³-hybridized carbons (Fsp3) is 0.829. The van der Waals surface area contributed by atoms with E-state index in [1.807, 2.05) is 13.8 Å². The first-order valence-electron chi connectivity index (χ1n) is 16.7. The molecule has 1 spiro atoms. The van der Waals surface area contributed by atoms with Crippen molar-refractivity contribution in [2.75, 3.05) is 0 Å². The second-order valence-electron chi connectivity index (χ2n) is 16.6. The van der Waals surface area contributed by atoms with E-state index in [2.05, 4.69) is 34.3 Å². The van der Waals surface area contributed by atoms with Crippen LogP contribution in [0.5, 0.6) is 0 Å². The third-order valence-electron chi connectivity index (χ3n) is 15.5. The van der Waals surface area contributed by atoms with E-state index in [1.54, 1.807) is 6.92 Å². The van der Waals surface area contributed by atoms with E-state index in [0.717, 1.165) is 0 Å². The molecule has 3 saturated heterocycles. The van der Waals surface area contributed by atoms with Gasteiger partial charge >= 0.3 is 11.9 Å². The van der Waals surface area contributed by atoms with E-state index >= 15 is 0 Å². The number of carbonyl (C=O) groups excluding carboxylic acids is 4. The monoisotopic (exact) mass is 626 g/mol. The van der Waals surface area contributed by atoms with Gasteiger partial charge in [0.05, 0.1) is 11.5 Å². The number of ketones is 2. The third kappa shape index (κ3) is 3.01. The standard InChI is InChI=1S/C35H46O10/c1-12-14(3)31(7)22-13(2)29-35(45-29)33(9,34(10,40)15(4)44-35)24(22)28(41-16(5)36)23(31)20-21(12)32(8)18(25(38)26(20)39)11-19-27(43-19)30(32)42-17(6)37/h12-14,18-24,27-30,40H,4,11H2,1-3,5-10H3/t12?,13-,14-,18+,19-,20?,21?,22-,23+,24-,27-,28+,29+,30-,31+,32-,33-,34+,35+/m0/s1. The van der Waals surface area contributed by atoms with Crippen LogP contribution in [0.1, 0.15) is 68.7 Å². The zero-order valence-electron chi connectivity index (χ0n) is 27.6. The van der Waals surface area contributed by atoms with Crippen LogP contribution in [0.15, 0.2) is 12.3 Å². The molecular weight excluding hydrogens is 580 g/mol. The van der Waals surface area contributed by atoms with Gasteiger partial charge in [0.15, 0.2) is 0 Å². The molecule has 8 aliphatic rings. The number of aliphatic hydroxyl groups is 1. The van der Waals surface area contributed by atoms with Crippen molar-refractivity contribution in [1.29, 1.82) is 0 Å². The van der Waals surface area contributed by atoms with Gasteiger partial charge in [-0.05, 0) is 55.3 Å². The molecule has 3 unspecified atom stereocenters. The summed E-state index contributed by atoms with van der Waals surface area (Å²) in [6, 6.07) is 0. The number of hydrogen-bond donors (Lipinski definition) is 1.